The van der Waals surface area contributed by atoms with Crippen molar-refractivity contribution in [2.24, 2.45) is 16.8 Å². The normalized spacial score (nSPS) is 29.3. The van der Waals surface area contributed by atoms with E-state index in [1.54, 1.807) is 0 Å². The second kappa shape index (κ2) is 9.57. The van der Waals surface area contributed by atoms with E-state index in [9.17, 15) is 0 Å². The van der Waals surface area contributed by atoms with Crippen molar-refractivity contribution in [3.05, 3.63) is 0 Å². The molecule has 0 saturated carbocycles. The number of hydrogen-bond acceptors (Lipinski definition) is 4. The van der Waals surface area contributed by atoms with E-state index in [0.717, 1.165) is 63.7 Å². The largest absolute Gasteiger partial charge is 0.381 e. The first kappa shape index (κ1) is 20.9. The summed E-state index contributed by atoms with van der Waals surface area (Å²) in [5.41, 5.74) is 0.162. The Hall–Kier alpha value is -0.850. The standard InChI is InChI=1S/C21H41N5O/c1-18-6-5-8-26(14-18)21(2,3)17-23-20(22-4)25-11-9-24(10-12-25)15-19-7-13-27-16-19/h18-19H,5-17H2,1-4H3,(H,22,23). The molecule has 3 saturated heterocycles. The van der Waals surface area contributed by atoms with Crippen molar-refractivity contribution >= 4 is 5.96 Å². The third-order valence-electron chi connectivity index (χ3n) is 6.62. The molecule has 0 amide bonds. The van der Waals surface area contributed by atoms with Crippen molar-refractivity contribution < 1.29 is 4.74 Å². The molecular weight excluding hydrogens is 338 g/mol. The number of piperazine rings is 1. The molecule has 3 aliphatic heterocycles. The van der Waals surface area contributed by atoms with Gasteiger partial charge in [0.2, 0.25) is 0 Å². The van der Waals surface area contributed by atoms with Gasteiger partial charge in [-0.05, 0) is 51.5 Å². The van der Waals surface area contributed by atoms with Gasteiger partial charge in [-0.3, -0.25) is 14.8 Å². The van der Waals surface area contributed by atoms with Crippen molar-refractivity contribution in [1.29, 1.82) is 0 Å². The molecule has 1 N–H and O–H groups in total. The molecule has 156 valence electrons. The highest BCUT2D eigenvalue weighted by Crippen LogP contribution is 2.23. The number of nitrogens with one attached hydrogen (secondary N) is 1. The van der Waals surface area contributed by atoms with Gasteiger partial charge in [-0.1, -0.05) is 6.92 Å². The Labute approximate surface area is 166 Å². The van der Waals surface area contributed by atoms with Crippen LogP contribution >= 0.6 is 0 Å². The average Bonchev–Trinajstić information content (AvgIpc) is 3.16. The van der Waals surface area contributed by atoms with Gasteiger partial charge in [-0.2, -0.15) is 0 Å². The zero-order chi connectivity index (χ0) is 19.3. The minimum absolute atomic E-state index is 0.162. The van der Waals surface area contributed by atoms with Crippen LogP contribution in [0.5, 0.6) is 0 Å². The SMILES string of the molecule is CN=C(NCC(C)(C)N1CCCC(C)C1)N1CCN(CC2CCOC2)CC1. The minimum atomic E-state index is 0.162. The quantitative estimate of drug-likeness (QED) is 0.582. The molecule has 0 aromatic carbocycles. The van der Waals surface area contributed by atoms with Crippen LogP contribution in [0.15, 0.2) is 4.99 Å². The Balaban J connectivity index is 1.43. The van der Waals surface area contributed by atoms with E-state index in [-0.39, 0.29) is 5.54 Å². The molecule has 0 aromatic rings. The van der Waals surface area contributed by atoms with Gasteiger partial charge in [0.05, 0.1) is 6.61 Å². The fourth-order valence-electron chi connectivity index (χ4n) is 4.71. The Morgan fingerprint density at radius 1 is 1.15 bits per heavy atom. The van der Waals surface area contributed by atoms with Crippen LogP contribution in [0.3, 0.4) is 0 Å². The molecule has 6 nitrogen and oxygen atoms in total. The lowest BCUT2D eigenvalue weighted by Crippen LogP contribution is -2.58. The molecule has 3 heterocycles. The number of likely N-dealkylation sites (tertiary alicyclic amines) is 1. The Morgan fingerprint density at radius 2 is 1.93 bits per heavy atom. The summed E-state index contributed by atoms with van der Waals surface area (Å²) in [6.07, 6.45) is 3.93. The minimum Gasteiger partial charge on any atom is -0.381 e. The number of aliphatic imine (C=N–C) groups is 1. The summed E-state index contributed by atoms with van der Waals surface area (Å²) < 4.78 is 5.53. The molecule has 0 bridgehead atoms. The molecule has 2 unspecified atom stereocenters. The van der Waals surface area contributed by atoms with Crippen LogP contribution in [0.4, 0.5) is 0 Å². The maximum absolute atomic E-state index is 5.53. The van der Waals surface area contributed by atoms with Crippen molar-refractivity contribution in [2.75, 3.05) is 72.6 Å². The van der Waals surface area contributed by atoms with Crippen LogP contribution in [0, 0.1) is 11.8 Å². The van der Waals surface area contributed by atoms with Crippen LogP contribution in [0.1, 0.15) is 40.0 Å². The molecule has 3 rings (SSSR count). The third-order valence-corrected chi connectivity index (χ3v) is 6.62. The highest BCUT2D eigenvalue weighted by molar-refractivity contribution is 5.80. The van der Waals surface area contributed by atoms with E-state index in [2.05, 4.69) is 45.8 Å². The molecule has 6 heteroatoms. The van der Waals surface area contributed by atoms with E-state index >= 15 is 0 Å². The summed E-state index contributed by atoms with van der Waals surface area (Å²) >= 11 is 0. The summed E-state index contributed by atoms with van der Waals surface area (Å²) in [6.45, 7) is 18.0. The van der Waals surface area contributed by atoms with Crippen LogP contribution in [-0.4, -0.2) is 98.8 Å². The number of rotatable bonds is 5. The predicted octanol–water partition coefficient (Wildman–Crippen LogP) is 1.73. The monoisotopic (exact) mass is 379 g/mol. The van der Waals surface area contributed by atoms with Crippen molar-refractivity contribution in [1.82, 2.24) is 20.0 Å². The maximum atomic E-state index is 5.53. The van der Waals surface area contributed by atoms with Crippen LogP contribution in [0.25, 0.3) is 0 Å². The van der Waals surface area contributed by atoms with Gasteiger partial charge in [-0.15, -0.1) is 0 Å². The average molecular weight is 380 g/mol. The Morgan fingerprint density at radius 3 is 2.56 bits per heavy atom. The fraction of sp³-hybridized carbons (Fsp3) is 0.952. The number of ether oxygens (including phenoxy) is 1. The van der Waals surface area contributed by atoms with E-state index in [4.69, 9.17) is 4.74 Å². The molecule has 2 atom stereocenters. The topological polar surface area (TPSA) is 43.3 Å². The van der Waals surface area contributed by atoms with E-state index < -0.39 is 0 Å². The van der Waals surface area contributed by atoms with Crippen LogP contribution < -0.4 is 5.32 Å². The molecular formula is C21H41N5O. The van der Waals surface area contributed by atoms with E-state index in [0.29, 0.717) is 0 Å². The maximum Gasteiger partial charge on any atom is 0.193 e. The molecule has 3 aliphatic rings. The van der Waals surface area contributed by atoms with Crippen LogP contribution in [0.2, 0.25) is 0 Å². The molecule has 27 heavy (non-hydrogen) atoms. The number of hydrogen-bond donors (Lipinski definition) is 1. The van der Waals surface area contributed by atoms with Crippen molar-refractivity contribution in [3.8, 4) is 0 Å². The van der Waals surface area contributed by atoms with Gasteiger partial charge < -0.3 is 15.0 Å². The summed E-state index contributed by atoms with van der Waals surface area (Å²) in [5, 5.41) is 3.68. The second-order valence-corrected chi connectivity index (χ2v) is 9.42. The first-order valence-corrected chi connectivity index (χ1v) is 11.0. The fourth-order valence-corrected chi connectivity index (χ4v) is 4.71. The lowest BCUT2D eigenvalue weighted by molar-refractivity contribution is 0.0730. The van der Waals surface area contributed by atoms with Gasteiger partial charge in [0.1, 0.15) is 0 Å². The van der Waals surface area contributed by atoms with E-state index in [1.165, 1.54) is 38.9 Å². The Kier molecular flexibility index (Phi) is 7.40. The summed E-state index contributed by atoms with van der Waals surface area (Å²) in [5.74, 6) is 2.62. The second-order valence-electron chi connectivity index (χ2n) is 9.42. The summed E-state index contributed by atoms with van der Waals surface area (Å²) in [4.78, 5) is 12.3. The number of guanidine groups is 1. The lowest BCUT2D eigenvalue weighted by Gasteiger charge is -2.44. The van der Waals surface area contributed by atoms with Gasteiger partial charge in [0.15, 0.2) is 5.96 Å². The van der Waals surface area contributed by atoms with Gasteiger partial charge in [-0.25, -0.2) is 0 Å². The molecule has 3 fully saturated rings. The zero-order valence-electron chi connectivity index (χ0n) is 18.0. The lowest BCUT2D eigenvalue weighted by atomic mass is 9.93. The third kappa shape index (κ3) is 5.81. The van der Waals surface area contributed by atoms with Crippen molar-refractivity contribution in [2.45, 2.75) is 45.6 Å². The molecule has 0 radical (unpaired) electrons. The van der Waals surface area contributed by atoms with Gasteiger partial charge in [0, 0.05) is 65.0 Å². The number of piperidine rings is 1. The summed E-state index contributed by atoms with van der Waals surface area (Å²) in [6, 6.07) is 0. The highest BCUT2D eigenvalue weighted by Gasteiger charge is 2.31. The Bertz CT molecular complexity index is 481. The van der Waals surface area contributed by atoms with E-state index in [1.807, 2.05) is 7.05 Å². The zero-order valence-corrected chi connectivity index (χ0v) is 18.0. The predicted molar refractivity (Wildman–Crippen MR) is 112 cm³/mol. The molecule has 0 aromatic heterocycles. The van der Waals surface area contributed by atoms with Crippen LogP contribution in [-0.2, 0) is 4.74 Å². The van der Waals surface area contributed by atoms with Gasteiger partial charge in [0.25, 0.3) is 0 Å². The highest BCUT2D eigenvalue weighted by atomic mass is 16.5. The smallest absolute Gasteiger partial charge is 0.193 e. The first-order valence-electron chi connectivity index (χ1n) is 11.0. The van der Waals surface area contributed by atoms with Crippen molar-refractivity contribution in [3.63, 3.8) is 0 Å². The summed E-state index contributed by atoms with van der Waals surface area (Å²) in [7, 11) is 1.92. The first-order chi connectivity index (χ1) is 13.0. The number of nitrogens with zero attached hydrogens (tertiary/aromatic N) is 4. The van der Waals surface area contributed by atoms with Gasteiger partial charge >= 0.3 is 0 Å². The molecule has 0 spiro atoms. The molecule has 0 aliphatic carbocycles.